The minimum atomic E-state index is -0.319. The number of nitrogens with zero attached hydrogens (tertiary/aromatic N) is 3. The van der Waals surface area contributed by atoms with Crippen molar-refractivity contribution in [1.82, 2.24) is 0 Å². The minimum absolute atomic E-state index is 0.123. The van der Waals surface area contributed by atoms with Gasteiger partial charge in [0.25, 0.3) is 0 Å². The third kappa shape index (κ3) is 2.22. The Balaban J connectivity index is 1.76. The maximum atomic E-state index is 9.08. The van der Waals surface area contributed by atoms with Crippen LogP contribution < -0.4 is 0 Å². The van der Waals surface area contributed by atoms with Gasteiger partial charge >= 0.3 is 0 Å². The molecule has 116 valence electrons. The van der Waals surface area contributed by atoms with E-state index in [1.54, 1.807) is 0 Å². The van der Waals surface area contributed by atoms with Crippen LogP contribution in [0.5, 0.6) is 0 Å². The van der Waals surface area contributed by atoms with Crippen molar-refractivity contribution in [3.8, 4) is 0 Å². The molecule has 0 N–H and O–H groups in total. The highest BCUT2D eigenvalue weighted by molar-refractivity contribution is 6.28. The van der Waals surface area contributed by atoms with E-state index in [2.05, 4.69) is 10.0 Å². The average Bonchev–Trinajstić information content (AvgIpc) is 2.44. The molecule has 0 amide bonds. The summed E-state index contributed by atoms with van der Waals surface area (Å²) in [5.41, 5.74) is 10.1. The molecule has 6 atom stereocenters. The zero-order chi connectivity index (χ0) is 15.4. The van der Waals surface area contributed by atoms with Gasteiger partial charge in [0, 0.05) is 9.79 Å². The number of alkyl halides is 2. The highest BCUT2D eigenvalue weighted by Crippen LogP contribution is 2.67. The molecular formula is C17H19Cl2N3. The number of halogens is 2. The fourth-order valence-electron chi connectivity index (χ4n) is 5.59. The number of hydrogen-bond donors (Lipinski definition) is 0. The molecule has 5 heteroatoms. The summed E-state index contributed by atoms with van der Waals surface area (Å²) in [5.74, 6) is 1.30. The molecule has 0 radical (unpaired) electrons. The molecule has 1 aromatic carbocycles. The first-order valence-electron chi connectivity index (χ1n) is 8.00. The van der Waals surface area contributed by atoms with E-state index in [0.29, 0.717) is 11.8 Å². The van der Waals surface area contributed by atoms with Gasteiger partial charge in [-0.05, 0) is 61.0 Å². The van der Waals surface area contributed by atoms with E-state index in [4.69, 9.17) is 28.7 Å². The Kier molecular flexibility index (Phi) is 3.38. The second-order valence-electron chi connectivity index (χ2n) is 7.42. The van der Waals surface area contributed by atoms with E-state index in [0.717, 1.165) is 31.2 Å². The first kappa shape index (κ1) is 14.7. The second kappa shape index (κ2) is 5.06. The quantitative estimate of drug-likeness (QED) is 0.288. The van der Waals surface area contributed by atoms with E-state index in [9.17, 15) is 0 Å². The van der Waals surface area contributed by atoms with Crippen LogP contribution >= 0.6 is 23.2 Å². The SMILES string of the molecule is [N-]=[N+]=NC(c1ccccc1)[C@H]1[C@H]2C[C@H]3C[C@](Cl)(C2)C[C@@]1(Cl)C3. The smallest absolute Gasteiger partial charge is 0.0672 e. The largest absolute Gasteiger partial charge is 0.119 e. The fourth-order valence-corrected chi connectivity index (χ4v) is 7.08. The van der Waals surface area contributed by atoms with Gasteiger partial charge < -0.3 is 0 Å². The van der Waals surface area contributed by atoms with Crippen molar-refractivity contribution >= 4 is 23.2 Å². The maximum Gasteiger partial charge on any atom is 0.0672 e. The van der Waals surface area contributed by atoms with E-state index < -0.39 is 0 Å². The van der Waals surface area contributed by atoms with Gasteiger partial charge in [-0.25, -0.2) is 0 Å². The normalized spacial score (nSPS) is 43.6. The molecule has 0 aromatic heterocycles. The average molecular weight is 336 g/mol. The van der Waals surface area contributed by atoms with Crippen molar-refractivity contribution in [2.24, 2.45) is 22.9 Å². The monoisotopic (exact) mass is 335 g/mol. The summed E-state index contributed by atoms with van der Waals surface area (Å²) in [7, 11) is 0. The van der Waals surface area contributed by atoms with E-state index in [1.165, 1.54) is 6.42 Å². The molecule has 4 saturated carbocycles. The lowest BCUT2D eigenvalue weighted by Gasteiger charge is -2.62. The molecule has 4 bridgehead atoms. The summed E-state index contributed by atoms with van der Waals surface area (Å²) in [4.78, 5) is 2.68. The summed E-state index contributed by atoms with van der Waals surface area (Å²) >= 11 is 13.9. The lowest BCUT2D eigenvalue weighted by atomic mass is 9.49. The molecule has 0 spiro atoms. The van der Waals surface area contributed by atoms with Crippen LogP contribution in [-0.4, -0.2) is 9.75 Å². The Morgan fingerprint density at radius 1 is 1.18 bits per heavy atom. The van der Waals surface area contributed by atoms with Gasteiger partial charge in [-0.3, -0.25) is 0 Å². The Bertz CT molecular complexity index is 630. The number of benzene rings is 1. The Labute approximate surface area is 140 Å². The number of azide groups is 1. The van der Waals surface area contributed by atoms with Crippen LogP contribution in [0.3, 0.4) is 0 Å². The predicted octanol–water partition coefficient (Wildman–Crippen LogP) is 5.83. The Morgan fingerprint density at radius 3 is 2.59 bits per heavy atom. The van der Waals surface area contributed by atoms with Crippen LogP contribution in [0, 0.1) is 17.8 Å². The summed E-state index contributed by atoms with van der Waals surface area (Å²) in [6.45, 7) is 0. The van der Waals surface area contributed by atoms with Crippen LogP contribution in [-0.2, 0) is 0 Å². The van der Waals surface area contributed by atoms with Crippen molar-refractivity contribution in [2.45, 2.75) is 47.9 Å². The van der Waals surface area contributed by atoms with Gasteiger partial charge in [-0.2, -0.15) is 0 Å². The lowest BCUT2D eigenvalue weighted by molar-refractivity contribution is -0.0186. The number of rotatable bonds is 3. The van der Waals surface area contributed by atoms with Crippen LogP contribution in [0.1, 0.15) is 43.7 Å². The summed E-state index contributed by atoms with van der Waals surface area (Å²) in [6, 6.07) is 9.87. The van der Waals surface area contributed by atoms with Crippen molar-refractivity contribution in [3.05, 3.63) is 46.3 Å². The van der Waals surface area contributed by atoms with Crippen LogP contribution in [0.15, 0.2) is 35.4 Å². The van der Waals surface area contributed by atoms with Gasteiger partial charge in [-0.1, -0.05) is 35.4 Å². The summed E-state index contributed by atoms with van der Waals surface area (Å²) in [5, 5.41) is 4.16. The Morgan fingerprint density at radius 2 is 1.95 bits per heavy atom. The number of hydrogen-bond acceptors (Lipinski definition) is 1. The topological polar surface area (TPSA) is 48.8 Å². The third-order valence-corrected chi connectivity index (χ3v) is 6.90. The lowest BCUT2D eigenvalue weighted by Crippen LogP contribution is -2.60. The molecule has 4 aliphatic rings. The van der Waals surface area contributed by atoms with E-state index in [1.807, 2.05) is 30.3 Å². The fraction of sp³-hybridized carbons (Fsp3) is 0.647. The molecule has 4 fully saturated rings. The summed E-state index contributed by atoms with van der Waals surface area (Å²) in [6.07, 6.45) is 5.13. The van der Waals surface area contributed by atoms with Gasteiger partial charge in [-0.15, -0.1) is 23.2 Å². The molecular weight excluding hydrogens is 317 g/mol. The maximum absolute atomic E-state index is 9.08. The molecule has 22 heavy (non-hydrogen) atoms. The molecule has 0 heterocycles. The molecule has 1 unspecified atom stereocenters. The molecule has 5 rings (SSSR count). The van der Waals surface area contributed by atoms with Crippen molar-refractivity contribution in [3.63, 3.8) is 0 Å². The van der Waals surface area contributed by atoms with Gasteiger partial charge in [0.2, 0.25) is 0 Å². The predicted molar refractivity (Wildman–Crippen MR) is 89.1 cm³/mol. The molecule has 0 saturated heterocycles. The van der Waals surface area contributed by atoms with Gasteiger partial charge in [0.05, 0.1) is 10.9 Å². The first-order valence-corrected chi connectivity index (χ1v) is 8.76. The van der Waals surface area contributed by atoms with Gasteiger partial charge in [0.1, 0.15) is 0 Å². The van der Waals surface area contributed by atoms with Gasteiger partial charge in [0.15, 0.2) is 0 Å². The second-order valence-corrected chi connectivity index (χ2v) is 8.98. The highest BCUT2D eigenvalue weighted by Gasteiger charge is 2.63. The standard InChI is InChI=1S/C17H19Cl2N3/c18-16-7-11-6-13(9-16)14(17(19,8-11)10-16)15(21-22-20)12-4-2-1-3-5-12/h1-5,11,13-15H,6-10H2/t11-,13-,14+,15?,16-,17-/m0/s1. The molecule has 4 aliphatic carbocycles. The third-order valence-electron chi connectivity index (χ3n) is 5.92. The molecule has 0 aliphatic heterocycles. The zero-order valence-electron chi connectivity index (χ0n) is 12.3. The van der Waals surface area contributed by atoms with Crippen molar-refractivity contribution in [2.75, 3.05) is 0 Å². The first-order chi connectivity index (χ1) is 10.5. The highest BCUT2D eigenvalue weighted by atomic mass is 35.5. The van der Waals surface area contributed by atoms with Crippen LogP contribution in [0.4, 0.5) is 0 Å². The van der Waals surface area contributed by atoms with Crippen LogP contribution in [0.25, 0.3) is 10.4 Å². The Hall–Kier alpha value is -0.890. The summed E-state index contributed by atoms with van der Waals surface area (Å²) < 4.78 is 0. The molecule has 1 aromatic rings. The minimum Gasteiger partial charge on any atom is -0.119 e. The molecule has 3 nitrogen and oxygen atoms in total. The van der Waals surface area contributed by atoms with E-state index in [-0.39, 0.29) is 21.7 Å². The zero-order valence-corrected chi connectivity index (χ0v) is 13.8. The van der Waals surface area contributed by atoms with E-state index >= 15 is 0 Å². The van der Waals surface area contributed by atoms with Crippen molar-refractivity contribution < 1.29 is 0 Å². The van der Waals surface area contributed by atoms with Crippen LogP contribution in [0.2, 0.25) is 0 Å². The van der Waals surface area contributed by atoms with Crippen molar-refractivity contribution in [1.29, 1.82) is 0 Å².